The van der Waals surface area contributed by atoms with Crippen molar-refractivity contribution in [3.8, 4) is 0 Å². The fourth-order valence-electron chi connectivity index (χ4n) is 1.16. The minimum absolute atomic E-state index is 0.272. The van der Waals surface area contributed by atoms with Crippen molar-refractivity contribution >= 4 is 27.3 Å². The molecule has 1 rings (SSSR count). The third kappa shape index (κ3) is 4.50. The van der Waals surface area contributed by atoms with E-state index in [0.717, 1.165) is 9.35 Å². The van der Waals surface area contributed by atoms with E-state index in [1.54, 1.807) is 6.07 Å². The van der Waals surface area contributed by atoms with Gasteiger partial charge in [-0.25, -0.2) is 0 Å². The van der Waals surface area contributed by atoms with Gasteiger partial charge in [-0.05, 0) is 33.8 Å². The van der Waals surface area contributed by atoms with E-state index < -0.39 is 18.6 Å². The standard InChI is InChI=1S/C8H10BrF3N2S/c9-6-1-2-15-7(6)3-5(14-13)4-8(10,11)12/h1-2,5,14H,3-4,13H2. The lowest BCUT2D eigenvalue weighted by atomic mass is 10.1. The number of hydrogen-bond donors (Lipinski definition) is 2. The molecule has 0 amide bonds. The van der Waals surface area contributed by atoms with Gasteiger partial charge in [-0.15, -0.1) is 11.3 Å². The van der Waals surface area contributed by atoms with Gasteiger partial charge in [-0.3, -0.25) is 11.3 Å². The fourth-order valence-corrected chi connectivity index (χ4v) is 2.76. The third-order valence-electron chi connectivity index (χ3n) is 1.84. The number of hydrogen-bond acceptors (Lipinski definition) is 3. The summed E-state index contributed by atoms with van der Waals surface area (Å²) in [4.78, 5) is 0.863. The van der Waals surface area contributed by atoms with Crippen LogP contribution in [0.5, 0.6) is 0 Å². The monoisotopic (exact) mass is 302 g/mol. The topological polar surface area (TPSA) is 38.0 Å². The highest BCUT2D eigenvalue weighted by molar-refractivity contribution is 9.10. The highest BCUT2D eigenvalue weighted by Crippen LogP contribution is 2.27. The second kappa shape index (κ2) is 5.29. The Bertz CT molecular complexity index is 313. The number of alkyl halides is 3. The first-order valence-corrected chi connectivity index (χ1v) is 5.84. The predicted molar refractivity (Wildman–Crippen MR) is 57.5 cm³/mol. The van der Waals surface area contributed by atoms with Crippen molar-refractivity contribution in [3.05, 3.63) is 20.8 Å². The molecule has 2 nitrogen and oxygen atoms in total. The molecule has 1 heterocycles. The Kier molecular flexibility index (Phi) is 4.57. The maximum absolute atomic E-state index is 12.1. The number of halogens is 4. The first kappa shape index (κ1) is 13.0. The smallest absolute Gasteiger partial charge is 0.271 e. The number of nitrogens with one attached hydrogen (secondary N) is 1. The number of hydrazine groups is 1. The normalized spacial score (nSPS) is 14.2. The molecule has 1 aromatic heterocycles. The summed E-state index contributed by atoms with van der Waals surface area (Å²) in [5.74, 6) is 5.09. The van der Waals surface area contributed by atoms with E-state index in [1.807, 2.05) is 5.38 Å². The summed E-state index contributed by atoms with van der Waals surface area (Å²) in [6, 6.07) is 1.03. The van der Waals surface area contributed by atoms with Crippen LogP contribution in [0.2, 0.25) is 0 Å². The van der Waals surface area contributed by atoms with Crippen LogP contribution in [0.15, 0.2) is 15.9 Å². The number of nitrogens with two attached hydrogens (primary N) is 1. The van der Waals surface area contributed by atoms with E-state index in [-0.39, 0.29) is 6.42 Å². The molecular weight excluding hydrogens is 293 g/mol. The van der Waals surface area contributed by atoms with Crippen molar-refractivity contribution in [1.29, 1.82) is 0 Å². The zero-order valence-electron chi connectivity index (χ0n) is 7.64. The molecular formula is C8H10BrF3N2S. The van der Waals surface area contributed by atoms with Gasteiger partial charge in [0.05, 0.1) is 6.42 Å². The maximum atomic E-state index is 12.1. The lowest BCUT2D eigenvalue weighted by Gasteiger charge is -2.17. The van der Waals surface area contributed by atoms with Gasteiger partial charge < -0.3 is 0 Å². The summed E-state index contributed by atoms with van der Waals surface area (Å²) in [5, 5.41) is 1.82. The van der Waals surface area contributed by atoms with Gasteiger partial charge in [0.1, 0.15) is 0 Å². The lowest BCUT2D eigenvalue weighted by Crippen LogP contribution is -2.39. The predicted octanol–water partition coefficient (Wildman–Crippen LogP) is 2.84. The van der Waals surface area contributed by atoms with Crippen LogP contribution in [0.25, 0.3) is 0 Å². The molecule has 0 bridgehead atoms. The average Bonchev–Trinajstić information content (AvgIpc) is 2.48. The SMILES string of the molecule is NNC(Cc1sccc1Br)CC(F)(F)F. The van der Waals surface area contributed by atoms with Crippen LogP contribution in [0.1, 0.15) is 11.3 Å². The molecule has 1 atom stereocenters. The molecule has 0 aliphatic heterocycles. The van der Waals surface area contributed by atoms with Gasteiger partial charge in [-0.2, -0.15) is 13.2 Å². The van der Waals surface area contributed by atoms with Gasteiger partial charge in [0, 0.05) is 15.4 Å². The van der Waals surface area contributed by atoms with Gasteiger partial charge >= 0.3 is 6.18 Å². The van der Waals surface area contributed by atoms with E-state index in [1.165, 1.54) is 11.3 Å². The summed E-state index contributed by atoms with van der Waals surface area (Å²) in [7, 11) is 0. The van der Waals surface area contributed by atoms with E-state index in [2.05, 4.69) is 21.4 Å². The third-order valence-corrected chi connectivity index (χ3v) is 3.79. The van der Waals surface area contributed by atoms with Crippen LogP contribution in [-0.2, 0) is 6.42 Å². The summed E-state index contributed by atoms with van der Waals surface area (Å²) in [6.45, 7) is 0. The van der Waals surface area contributed by atoms with Crippen molar-refractivity contribution in [2.24, 2.45) is 5.84 Å². The lowest BCUT2D eigenvalue weighted by molar-refractivity contribution is -0.139. The van der Waals surface area contributed by atoms with Crippen LogP contribution in [-0.4, -0.2) is 12.2 Å². The number of rotatable bonds is 4. The van der Waals surface area contributed by atoms with Crippen molar-refractivity contribution in [3.63, 3.8) is 0 Å². The summed E-state index contributed by atoms with van der Waals surface area (Å²) in [5.41, 5.74) is 2.19. The van der Waals surface area contributed by atoms with Crippen molar-refractivity contribution in [1.82, 2.24) is 5.43 Å². The molecule has 0 radical (unpaired) electrons. The Balaban J connectivity index is 2.58. The second-order valence-electron chi connectivity index (χ2n) is 3.08. The minimum atomic E-state index is -4.19. The van der Waals surface area contributed by atoms with Crippen molar-refractivity contribution < 1.29 is 13.2 Å². The molecule has 0 spiro atoms. The molecule has 0 saturated carbocycles. The van der Waals surface area contributed by atoms with Gasteiger partial charge in [0.15, 0.2) is 0 Å². The van der Waals surface area contributed by atoms with E-state index in [9.17, 15) is 13.2 Å². The molecule has 15 heavy (non-hydrogen) atoms. The zero-order valence-corrected chi connectivity index (χ0v) is 10.0. The van der Waals surface area contributed by atoms with E-state index >= 15 is 0 Å². The first-order chi connectivity index (χ1) is 6.92. The summed E-state index contributed by atoms with van der Waals surface area (Å²) >= 11 is 4.67. The van der Waals surface area contributed by atoms with Crippen LogP contribution in [0.4, 0.5) is 13.2 Å². The molecule has 1 unspecified atom stereocenters. The van der Waals surface area contributed by atoms with Crippen LogP contribution >= 0.6 is 27.3 Å². The minimum Gasteiger partial charge on any atom is -0.271 e. The molecule has 86 valence electrons. The van der Waals surface area contributed by atoms with Crippen LogP contribution in [0, 0.1) is 0 Å². The largest absolute Gasteiger partial charge is 0.390 e. The van der Waals surface area contributed by atoms with E-state index in [4.69, 9.17) is 5.84 Å². The highest BCUT2D eigenvalue weighted by Gasteiger charge is 2.31. The molecule has 1 aromatic rings. The van der Waals surface area contributed by atoms with Crippen molar-refractivity contribution in [2.45, 2.75) is 25.1 Å². The van der Waals surface area contributed by atoms with Gasteiger partial charge in [0.2, 0.25) is 0 Å². The van der Waals surface area contributed by atoms with Gasteiger partial charge in [0.25, 0.3) is 0 Å². The Morgan fingerprint density at radius 3 is 2.60 bits per heavy atom. The Morgan fingerprint density at radius 1 is 1.53 bits per heavy atom. The molecule has 7 heteroatoms. The maximum Gasteiger partial charge on any atom is 0.390 e. The molecule has 0 aromatic carbocycles. The Labute approximate surface area is 97.8 Å². The van der Waals surface area contributed by atoms with Crippen LogP contribution < -0.4 is 11.3 Å². The summed E-state index contributed by atoms with van der Waals surface area (Å²) in [6.07, 6.45) is -4.84. The zero-order chi connectivity index (χ0) is 11.5. The number of thiophene rings is 1. The Hall–Kier alpha value is -0.110. The Morgan fingerprint density at radius 2 is 2.20 bits per heavy atom. The molecule has 3 N–H and O–H groups in total. The average molecular weight is 303 g/mol. The quantitative estimate of drug-likeness (QED) is 0.663. The molecule has 0 saturated heterocycles. The first-order valence-electron chi connectivity index (χ1n) is 4.17. The van der Waals surface area contributed by atoms with Crippen LogP contribution in [0.3, 0.4) is 0 Å². The highest BCUT2D eigenvalue weighted by atomic mass is 79.9. The van der Waals surface area contributed by atoms with Gasteiger partial charge in [-0.1, -0.05) is 0 Å². The second-order valence-corrected chi connectivity index (χ2v) is 4.93. The van der Waals surface area contributed by atoms with E-state index in [0.29, 0.717) is 0 Å². The van der Waals surface area contributed by atoms with Crippen molar-refractivity contribution in [2.75, 3.05) is 0 Å². The summed E-state index contributed by atoms with van der Waals surface area (Å²) < 4.78 is 37.2. The molecule has 0 fully saturated rings. The molecule has 0 aliphatic rings. The fraction of sp³-hybridized carbons (Fsp3) is 0.500. The molecule has 0 aliphatic carbocycles.